The van der Waals surface area contributed by atoms with Gasteiger partial charge < -0.3 is 10.6 Å². The van der Waals surface area contributed by atoms with Gasteiger partial charge in [0.15, 0.2) is 0 Å². The van der Waals surface area contributed by atoms with Crippen molar-refractivity contribution in [2.75, 3.05) is 17.7 Å². The number of aryl methyl sites for hydroxylation is 1. The highest BCUT2D eigenvalue weighted by atomic mass is 35.5. The molecule has 1 amide bonds. The SMILES string of the molecule is Cc1ccc2nc(-c3ccc(N/C=C(/C#N)C(=O)NCCCl)cc3)sc2c1. The van der Waals surface area contributed by atoms with Crippen LogP contribution in [0.1, 0.15) is 5.56 Å². The molecule has 136 valence electrons. The number of thiazole rings is 1. The van der Waals surface area contributed by atoms with Crippen molar-refractivity contribution in [3.8, 4) is 16.6 Å². The summed E-state index contributed by atoms with van der Waals surface area (Å²) in [4.78, 5) is 16.5. The maximum Gasteiger partial charge on any atom is 0.263 e. The van der Waals surface area contributed by atoms with E-state index in [-0.39, 0.29) is 5.57 Å². The topological polar surface area (TPSA) is 77.8 Å². The summed E-state index contributed by atoms with van der Waals surface area (Å²) < 4.78 is 1.16. The molecule has 27 heavy (non-hydrogen) atoms. The summed E-state index contributed by atoms with van der Waals surface area (Å²) in [6, 6.07) is 15.8. The lowest BCUT2D eigenvalue weighted by molar-refractivity contribution is -0.117. The van der Waals surface area contributed by atoms with Crippen LogP contribution in [0.15, 0.2) is 54.2 Å². The molecule has 1 aromatic heterocycles. The minimum Gasteiger partial charge on any atom is -0.360 e. The van der Waals surface area contributed by atoms with Gasteiger partial charge in [-0.1, -0.05) is 6.07 Å². The fourth-order valence-corrected chi connectivity index (χ4v) is 3.59. The fourth-order valence-electron chi connectivity index (χ4n) is 2.42. The average Bonchev–Trinajstić information content (AvgIpc) is 3.10. The minimum atomic E-state index is -0.452. The van der Waals surface area contributed by atoms with E-state index in [0.29, 0.717) is 12.4 Å². The van der Waals surface area contributed by atoms with E-state index in [1.54, 1.807) is 11.3 Å². The normalized spacial score (nSPS) is 11.2. The van der Waals surface area contributed by atoms with Crippen molar-refractivity contribution in [2.24, 2.45) is 0 Å². The van der Waals surface area contributed by atoms with Gasteiger partial charge in [0.2, 0.25) is 0 Å². The Bertz CT molecular complexity index is 1030. The minimum absolute atomic E-state index is 0.00858. The molecule has 0 unspecified atom stereocenters. The number of nitriles is 1. The van der Waals surface area contributed by atoms with Crippen molar-refractivity contribution in [1.82, 2.24) is 10.3 Å². The first-order chi connectivity index (χ1) is 13.1. The number of nitrogens with one attached hydrogen (secondary N) is 2. The number of carbonyl (C=O) groups is 1. The molecule has 0 fully saturated rings. The number of amides is 1. The Labute approximate surface area is 166 Å². The first-order valence-electron chi connectivity index (χ1n) is 8.29. The van der Waals surface area contributed by atoms with E-state index in [0.717, 1.165) is 26.5 Å². The van der Waals surface area contributed by atoms with E-state index in [4.69, 9.17) is 16.9 Å². The van der Waals surface area contributed by atoms with Crippen molar-refractivity contribution < 1.29 is 4.79 Å². The Kier molecular flexibility index (Phi) is 6.07. The third-order valence-corrected chi connectivity index (χ3v) is 5.06. The molecule has 0 saturated heterocycles. The second-order valence-corrected chi connectivity index (χ2v) is 7.24. The van der Waals surface area contributed by atoms with Gasteiger partial charge in [-0.15, -0.1) is 22.9 Å². The molecule has 0 aliphatic rings. The summed E-state index contributed by atoms with van der Waals surface area (Å²) in [6.45, 7) is 2.38. The van der Waals surface area contributed by atoms with Gasteiger partial charge in [0.05, 0.1) is 10.2 Å². The van der Waals surface area contributed by atoms with Gasteiger partial charge in [0.25, 0.3) is 5.91 Å². The summed E-state index contributed by atoms with van der Waals surface area (Å²) in [5.74, 6) is -0.156. The number of hydrogen-bond acceptors (Lipinski definition) is 5. The molecule has 0 aliphatic heterocycles. The Morgan fingerprint density at radius 3 is 2.78 bits per heavy atom. The standard InChI is InChI=1S/C20H17ClN4OS/c1-13-2-7-17-18(10-13)27-20(25-17)14-3-5-16(6-4-14)24-12-15(11-22)19(26)23-9-8-21/h2-7,10,12,24H,8-9H2,1H3,(H,23,26)/b15-12-. The third kappa shape index (κ3) is 4.64. The number of hydrogen-bond donors (Lipinski definition) is 2. The molecule has 0 saturated carbocycles. The van der Waals surface area contributed by atoms with Crippen LogP contribution in [-0.2, 0) is 4.79 Å². The van der Waals surface area contributed by atoms with Crippen LogP contribution in [0.2, 0.25) is 0 Å². The van der Waals surface area contributed by atoms with E-state index in [1.807, 2.05) is 36.4 Å². The molecule has 0 radical (unpaired) electrons. The largest absolute Gasteiger partial charge is 0.360 e. The van der Waals surface area contributed by atoms with Gasteiger partial charge in [-0.3, -0.25) is 4.79 Å². The Morgan fingerprint density at radius 1 is 1.30 bits per heavy atom. The van der Waals surface area contributed by atoms with Crippen molar-refractivity contribution in [3.63, 3.8) is 0 Å². The second kappa shape index (κ2) is 8.67. The van der Waals surface area contributed by atoms with Crippen molar-refractivity contribution >= 4 is 44.7 Å². The van der Waals surface area contributed by atoms with Crippen molar-refractivity contribution in [2.45, 2.75) is 6.92 Å². The molecule has 1 heterocycles. The maximum atomic E-state index is 11.8. The van der Waals surface area contributed by atoms with Gasteiger partial charge in [-0.25, -0.2) is 4.98 Å². The number of halogens is 1. The van der Waals surface area contributed by atoms with Gasteiger partial charge >= 0.3 is 0 Å². The molecule has 7 heteroatoms. The highest BCUT2D eigenvalue weighted by molar-refractivity contribution is 7.21. The lowest BCUT2D eigenvalue weighted by Crippen LogP contribution is -2.26. The van der Waals surface area contributed by atoms with Crippen LogP contribution in [0.3, 0.4) is 0 Å². The van der Waals surface area contributed by atoms with E-state index < -0.39 is 5.91 Å². The van der Waals surface area contributed by atoms with Crippen LogP contribution in [0.5, 0.6) is 0 Å². The summed E-state index contributed by atoms with van der Waals surface area (Å²) in [7, 11) is 0. The highest BCUT2D eigenvalue weighted by Gasteiger charge is 2.08. The van der Waals surface area contributed by atoms with Crippen LogP contribution >= 0.6 is 22.9 Å². The van der Waals surface area contributed by atoms with Crippen LogP contribution in [0.4, 0.5) is 5.69 Å². The molecule has 0 atom stereocenters. The summed E-state index contributed by atoms with van der Waals surface area (Å²) >= 11 is 7.18. The predicted octanol–water partition coefficient (Wildman–Crippen LogP) is 4.45. The monoisotopic (exact) mass is 396 g/mol. The number of carbonyl (C=O) groups excluding carboxylic acids is 1. The highest BCUT2D eigenvalue weighted by Crippen LogP contribution is 2.31. The first kappa shape index (κ1) is 18.9. The molecule has 3 aromatic rings. The summed E-state index contributed by atoms with van der Waals surface area (Å²) in [5, 5.41) is 15.6. The van der Waals surface area contributed by atoms with E-state index in [9.17, 15) is 4.79 Å². The molecule has 0 spiro atoms. The Hall–Kier alpha value is -2.88. The molecule has 0 aliphatic carbocycles. The zero-order chi connectivity index (χ0) is 19.2. The smallest absolute Gasteiger partial charge is 0.263 e. The fraction of sp³-hybridized carbons (Fsp3) is 0.150. The maximum absolute atomic E-state index is 11.8. The lowest BCUT2D eigenvalue weighted by Gasteiger charge is -2.04. The molecule has 5 nitrogen and oxygen atoms in total. The average molecular weight is 397 g/mol. The first-order valence-corrected chi connectivity index (χ1v) is 9.64. The number of nitrogens with zero attached hydrogens (tertiary/aromatic N) is 2. The Morgan fingerprint density at radius 2 is 2.07 bits per heavy atom. The molecular weight excluding hydrogens is 380 g/mol. The lowest BCUT2D eigenvalue weighted by atomic mass is 10.2. The molecular formula is C20H17ClN4OS. The summed E-state index contributed by atoms with van der Waals surface area (Å²) in [5.41, 5.74) is 3.99. The van der Waals surface area contributed by atoms with Crippen LogP contribution < -0.4 is 10.6 Å². The van der Waals surface area contributed by atoms with Crippen LogP contribution in [-0.4, -0.2) is 23.3 Å². The number of anilines is 1. The predicted molar refractivity (Wildman–Crippen MR) is 111 cm³/mol. The second-order valence-electron chi connectivity index (χ2n) is 5.83. The van der Waals surface area contributed by atoms with E-state index in [2.05, 4.69) is 34.7 Å². The van der Waals surface area contributed by atoms with Gasteiger partial charge in [0.1, 0.15) is 16.6 Å². The third-order valence-electron chi connectivity index (χ3n) is 3.80. The number of benzene rings is 2. The molecule has 2 aromatic carbocycles. The molecule has 0 bridgehead atoms. The van der Waals surface area contributed by atoms with Crippen molar-refractivity contribution in [1.29, 1.82) is 5.26 Å². The van der Waals surface area contributed by atoms with Crippen molar-refractivity contribution in [3.05, 3.63) is 59.8 Å². The zero-order valence-corrected chi connectivity index (χ0v) is 16.2. The number of fused-ring (bicyclic) bond motifs is 1. The number of aromatic nitrogens is 1. The zero-order valence-electron chi connectivity index (χ0n) is 14.6. The quantitative estimate of drug-likeness (QED) is 0.366. The van der Waals surface area contributed by atoms with Crippen LogP contribution in [0.25, 0.3) is 20.8 Å². The van der Waals surface area contributed by atoms with Gasteiger partial charge in [-0.2, -0.15) is 5.26 Å². The molecule has 3 rings (SSSR count). The Balaban J connectivity index is 1.73. The number of rotatable bonds is 6. The van der Waals surface area contributed by atoms with Crippen LogP contribution in [0, 0.1) is 18.3 Å². The van der Waals surface area contributed by atoms with Gasteiger partial charge in [0, 0.05) is 29.9 Å². The van der Waals surface area contributed by atoms with E-state index >= 15 is 0 Å². The number of alkyl halides is 1. The molecule has 2 N–H and O–H groups in total. The van der Waals surface area contributed by atoms with Gasteiger partial charge in [-0.05, 0) is 48.9 Å². The summed E-state index contributed by atoms with van der Waals surface area (Å²) in [6.07, 6.45) is 1.39. The van der Waals surface area contributed by atoms with E-state index in [1.165, 1.54) is 11.8 Å².